The van der Waals surface area contributed by atoms with E-state index in [9.17, 15) is 4.79 Å². The third-order valence-electron chi connectivity index (χ3n) is 3.00. The molecule has 1 aliphatic rings. The Balaban J connectivity index is 2.06. The Labute approximate surface area is 86.9 Å². The van der Waals surface area contributed by atoms with Gasteiger partial charge in [0.1, 0.15) is 0 Å². The maximum Gasteiger partial charge on any atom is 0.309 e. The first-order chi connectivity index (χ1) is 6.86. The second-order valence-corrected chi connectivity index (χ2v) is 4.10. The minimum Gasteiger partial charge on any atom is -0.348 e. The fraction of sp³-hybridized carbons (Fsp3) is 0.909. The summed E-state index contributed by atoms with van der Waals surface area (Å²) >= 11 is 0. The zero-order valence-electron chi connectivity index (χ0n) is 9.09. The highest BCUT2D eigenvalue weighted by molar-refractivity contribution is 5.46. The summed E-state index contributed by atoms with van der Waals surface area (Å²) in [6, 6.07) is 0. The normalized spacial score (nSPS) is 19.5. The van der Waals surface area contributed by atoms with Crippen molar-refractivity contribution in [3.8, 4) is 0 Å². The van der Waals surface area contributed by atoms with Crippen LogP contribution in [-0.2, 0) is 4.79 Å². The lowest BCUT2D eigenvalue weighted by atomic mass is 9.93. The third kappa shape index (κ3) is 4.09. The van der Waals surface area contributed by atoms with E-state index >= 15 is 0 Å². The zero-order valence-corrected chi connectivity index (χ0v) is 9.09. The minimum atomic E-state index is 0.794. The molecule has 0 bridgehead atoms. The van der Waals surface area contributed by atoms with Crippen molar-refractivity contribution in [3.63, 3.8) is 0 Å². The van der Waals surface area contributed by atoms with E-state index in [1.165, 1.54) is 38.9 Å². The highest BCUT2D eigenvalue weighted by Gasteiger charge is 2.17. The molecule has 0 unspecified atom stereocenters. The van der Waals surface area contributed by atoms with Gasteiger partial charge >= 0.3 is 6.41 Å². The molecule has 0 spiro atoms. The molecule has 0 aromatic carbocycles. The monoisotopic (exact) mass is 197 g/mol. The first kappa shape index (κ1) is 11.5. The number of nitrogens with zero attached hydrogens (tertiary/aromatic N) is 1. The van der Waals surface area contributed by atoms with Gasteiger partial charge in [-0.3, -0.25) is 4.79 Å². The van der Waals surface area contributed by atoms with Crippen LogP contribution >= 0.6 is 0 Å². The van der Waals surface area contributed by atoms with Gasteiger partial charge in [0, 0.05) is 6.54 Å². The van der Waals surface area contributed by atoms with Crippen LogP contribution in [0.25, 0.3) is 0 Å². The third-order valence-corrected chi connectivity index (χ3v) is 3.00. The van der Waals surface area contributed by atoms with Gasteiger partial charge < -0.3 is 10.2 Å². The van der Waals surface area contributed by atoms with E-state index in [1.54, 1.807) is 6.41 Å². The molecular weight excluding hydrogens is 176 g/mol. The summed E-state index contributed by atoms with van der Waals surface area (Å²) in [6.45, 7) is 6.75. The molecule has 14 heavy (non-hydrogen) atoms. The van der Waals surface area contributed by atoms with Crippen LogP contribution in [0.2, 0.25) is 0 Å². The van der Waals surface area contributed by atoms with Crippen LogP contribution in [-0.4, -0.2) is 37.5 Å². The van der Waals surface area contributed by atoms with Crippen LogP contribution in [0.4, 0.5) is 0 Å². The van der Waals surface area contributed by atoms with Gasteiger partial charge in [0.05, 0.1) is 0 Å². The van der Waals surface area contributed by atoms with Gasteiger partial charge in [-0.2, -0.15) is 0 Å². The molecule has 1 saturated heterocycles. The zero-order chi connectivity index (χ0) is 10.2. The molecule has 3 heteroatoms. The minimum absolute atomic E-state index is 0.794. The average Bonchev–Trinajstić information content (AvgIpc) is 2.21. The predicted molar refractivity (Wildman–Crippen MR) is 57.8 cm³/mol. The maximum absolute atomic E-state index is 9.94. The number of piperidine rings is 1. The van der Waals surface area contributed by atoms with Crippen molar-refractivity contribution in [2.24, 2.45) is 5.92 Å². The van der Waals surface area contributed by atoms with Gasteiger partial charge in [0.25, 0.3) is 0 Å². The van der Waals surface area contributed by atoms with Gasteiger partial charge in [0.2, 0.25) is 0 Å². The van der Waals surface area contributed by atoms with Crippen LogP contribution in [0.3, 0.4) is 0 Å². The van der Waals surface area contributed by atoms with Crippen LogP contribution < -0.4 is 5.32 Å². The highest BCUT2D eigenvalue weighted by atomic mass is 16.1. The van der Waals surface area contributed by atoms with Crippen molar-refractivity contribution in [1.29, 1.82) is 0 Å². The first-order valence-electron chi connectivity index (χ1n) is 5.69. The number of hydrogen-bond donors (Lipinski definition) is 1. The Kier molecular flexibility index (Phi) is 5.60. The van der Waals surface area contributed by atoms with Crippen molar-refractivity contribution in [3.05, 3.63) is 0 Å². The molecule has 1 rings (SSSR count). The molecule has 0 aliphatic carbocycles. The van der Waals surface area contributed by atoms with E-state index in [-0.39, 0.29) is 0 Å². The van der Waals surface area contributed by atoms with E-state index in [0.717, 1.165) is 18.9 Å². The molecule has 0 aromatic rings. The SMILES string of the molecule is CCCN1CCC(CCN[C]=O)CC1. The smallest absolute Gasteiger partial charge is 0.309 e. The Morgan fingerprint density at radius 1 is 1.43 bits per heavy atom. The Morgan fingerprint density at radius 2 is 2.14 bits per heavy atom. The van der Waals surface area contributed by atoms with Crippen LogP contribution in [0.1, 0.15) is 32.6 Å². The molecule has 0 aromatic heterocycles. The molecule has 81 valence electrons. The number of carbonyl (C=O) groups excluding carboxylic acids is 1. The molecule has 1 amide bonds. The van der Waals surface area contributed by atoms with E-state index in [1.807, 2.05) is 0 Å². The van der Waals surface area contributed by atoms with Crippen LogP contribution in [0.15, 0.2) is 0 Å². The van der Waals surface area contributed by atoms with Gasteiger partial charge in [-0.15, -0.1) is 0 Å². The van der Waals surface area contributed by atoms with Crippen LogP contribution in [0.5, 0.6) is 0 Å². The second-order valence-electron chi connectivity index (χ2n) is 4.10. The van der Waals surface area contributed by atoms with Crippen molar-refractivity contribution in [2.75, 3.05) is 26.2 Å². The number of rotatable bonds is 6. The lowest BCUT2D eigenvalue weighted by Gasteiger charge is -2.31. The quantitative estimate of drug-likeness (QED) is 0.512. The number of hydrogen-bond acceptors (Lipinski definition) is 2. The molecule has 1 fully saturated rings. The van der Waals surface area contributed by atoms with Crippen molar-refractivity contribution in [1.82, 2.24) is 10.2 Å². The Morgan fingerprint density at radius 3 is 2.71 bits per heavy atom. The molecule has 1 heterocycles. The van der Waals surface area contributed by atoms with E-state index < -0.39 is 0 Å². The fourth-order valence-electron chi connectivity index (χ4n) is 2.14. The number of amides is 1. The highest BCUT2D eigenvalue weighted by Crippen LogP contribution is 2.19. The lowest BCUT2D eigenvalue weighted by Crippen LogP contribution is -2.35. The number of nitrogens with one attached hydrogen (secondary N) is 1. The predicted octanol–water partition coefficient (Wildman–Crippen LogP) is 1.16. The average molecular weight is 197 g/mol. The van der Waals surface area contributed by atoms with Crippen LogP contribution in [0, 0.1) is 5.92 Å². The Hall–Kier alpha value is -0.570. The first-order valence-corrected chi connectivity index (χ1v) is 5.69. The topological polar surface area (TPSA) is 32.3 Å². The summed E-state index contributed by atoms with van der Waals surface area (Å²) in [5.74, 6) is 0.809. The molecule has 0 atom stereocenters. The standard InChI is InChI=1S/C11H21N2O/c1-2-7-13-8-4-11(5-9-13)3-6-12-10-14/h11H,2-9H2,1H3,(H,12,14). The molecule has 1 radical (unpaired) electrons. The van der Waals surface area contributed by atoms with E-state index in [2.05, 4.69) is 17.1 Å². The van der Waals surface area contributed by atoms with Crippen molar-refractivity contribution >= 4 is 6.41 Å². The van der Waals surface area contributed by atoms with Gasteiger partial charge in [-0.1, -0.05) is 6.92 Å². The molecular formula is C11H21N2O. The molecule has 1 N–H and O–H groups in total. The summed E-state index contributed by atoms with van der Waals surface area (Å²) in [6.07, 6.45) is 6.69. The summed E-state index contributed by atoms with van der Waals surface area (Å²) in [5, 5.41) is 2.61. The largest absolute Gasteiger partial charge is 0.348 e. The van der Waals surface area contributed by atoms with Gasteiger partial charge in [0.15, 0.2) is 0 Å². The summed E-state index contributed by atoms with van der Waals surface area (Å²) in [4.78, 5) is 12.5. The van der Waals surface area contributed by atoms with Crippen molar-refractivity contribution in [2.45, 2.75) is 32.6 Å². The van der Waals surface area contributed by atoms with Gasteiger partial charge in [-0.05, 0) is 51.2 Å². The van der Waals surface area contributed by atoms with E-state index in [4.69, 9.17) is 0 Å². The lowest BCUT2D eigenvalue weighted by molar-refractivity contribution is 0.180. The molecule has 3 nitrogen and oxygen atoms in total. The summed E-state index contributed by atoms with van der Waals surface area (Å²) in [7, 11) is 0. The fourth-order valence-corrected chi connectivity index (χ4v) is 2.14. The number of likely N-dealkylation sites (tertiary alicyclic amines) is 1. The summed E-state index contributed by atoms with van der Waals surface area (Å²) in [5.41, 5.74) is 0. The second kappa shape index (κ2) is 6.82. The maximum atomic E-state index is 9.94. The molecule has 1 aliphatic heterocycles. The van der Waals surface area contributed by atoms with Gasteiger partial charge in [-0.25, -0.2) is 0 Å². The van der Waals surface area contributed by atoms with Crippen molar-refractivity contribution < 1.29 is 4.79 Å². The van der Waals surface area contributed by atoms with E-state index in [0.29, 0.717) is 0 Å². The summed E-state index contributed by atoms with van der Waals surface area (Å²) < 4.78 is 0. The molecule has 0 saturated carbocycles. The Bertz CT molecular complexity index is 153.